The normalized spacial score (nSPS) is 10.3. The van der Waals surface area contributed by atoms with Crippen molar-refractivity contribution >= 4 is 33.2 Å². The molecule has 4 nitrogen and oxygen atoms in total. The third kappa shape index (κ3) is 3.49. The Hall–Kier alpha value is -1.59. The van der Waals surface area contributed by atoms with Crippen LogP contribution in [-0.2, 0) is 6.61 Å². The highest BCUT2D eigenvalue weighted by molar-refractivity contribution is 9.10. The lowest BCUT2D eigenvalue weighted by atomic mass is 10.2. The molecule has 0 aliphatic rings. The molecule has 0 N–H and O–H groups in total. The summed E-state index contributed by atoms with van der Waals surface area (Å²) in [6, 6.07) is 10.3. The van der Waals surface area contributed by atoms with Crippen molar-refractivity contribution in [3.05, 3.63) is 67.1 Å². The van der Waals surface area contributed by atoms with Crippen LogP contribution >= 0.6 is 27.5 Å². The highest BCUT2D eigenvalue weighted by Crippen LogP contribution is 2.27. The number of ether oxygens (including phenoxy) is 1. The van der Waals surface area contributed by atoms with Crippen LogP contribution in [0.4, 0.5) is 5.69 Å². The first kappa shape index (κ1) is 14.8. The molecule has 0 aromatic heterocycles. The van der Waals surface area contributed by atoms with Gasteiger partial charge in [-0.1, -0.05) is 17.7 Å². The molecule has 0 aliphatic carbocycles. The van der Waals surface area contributed by atoms with Gasteiger partial charge in [0.15, 0.2) is 0 Å². The summed E-state index contributed by atoms with van der Waals surface area (Å²) in [5, 5.41) is 11.5. The second-order valence-corrected chi connectivity index (χ2v) is 5.53. The van der Waals surface area contributed by atoms with Crippen LogP contribution in [0.5, 0.6) is 5.75 Å². The molecule has 2 aromatic carbocycles. The van der Waals surface area contributed by atoms with Crippen LogP contribution in [0.3, 0.4) is 0 Å². The van der Waals surface area contributed by atoms with E-state index in [1.807, 2.05) is 6.92 Å². The summed E-state index contributed by atoms with van der Waals surface area (Å²) in [6.07, 6.45) is 0. The maximum atomic E-state index is 10.9. The Labute approximate surface area is 129 Å². The number of nitro benzene ring substituents is 1. The third-order valence-electron chi connectivity index (χ3n) is 2.74. The van der Waals surface area contributed by atoms with Gasteiger partial charge in [0.05, 0.1) is 9.40 Å². The number of benzene rings is 2. The van der Waals surface area contributed by atoms with Crippen molar-refractivity contribution in [3.8, 4) is 5.75 Å². The molecule has 104 valence electrons. The molecular formula is C14H11BrClNO3. The van der Waals surface area contributed by atoms with Crippen LogP contribution in [0.25, 0.3) is 0 Å². The van der Waals surface area contributed by atoms with Crippen LogP contribution in [0.2, 0.25) is 5.02 Å². The van der Waals surface area contributed by atoms with Gasteiger partial charge in [-0.05, 0) is 58.2 Å². The van der Waals surface area contributed by atoms with E-state index >= 15 is 0 Å². The number of nitrogens with zero attached hydrogens (tertiary/aromatic N) is 1. The van der Waals surface area contributed by atoms with E-state index in [4.69, 9.17) is 16.3 Å². The van der Waals surface area contributed by atoms with Crippen molar-refractivity contribution in [2.24, 2.45) is 0 Å². The molecule has 0 unspecified atom stereocenters. The molecule has 0 aliphatic heterocycles. The highest BCUT2D eigenvalue weighted by atomic mass is 79.9. The number of aryl methyl sites for hydroxylation is 1. The van der Waals surface area contributed by atoms with E-state index in [0.29, 0.717) is 15.2 Å². The van der Waals surface area contributed by atoms with Crippen LogP contribution in [0, 0.1) is 17.0 Å². The SMILES string of the molecule is Cc1cc(Cl)ccc1OCc1ccc(Br)c([N+](=O)[O-])c1. The van der Waals surface area contributed by atoms with E-state index in [9.17, 15) is 10.1 Å². The second kappa shape index (κ2) is 6.24. The summed E-state index contributed by atoms with van der Waals surface area (Å²) < 4.78 is 6.11. The van der Waals surface area contributed by atoms with Gasteiger partial charge in [-0.2, -0.15) is 0 Å². The fourth-order valence-corrected chi connectivity index (χ4v) is 2.34. The van der Waals surface area contributed by atoms with Gasteiger partial charge < -0.3 is 4.74 Å². The fourth-order valence-electron chi connectivity index (χ4n) is 1.72. The van der Waals surface area contributed by atoms with Gasteiger partial charge in [0.25, 0.3) is 5.69 Å². The van der Waals surface area contributed by atoms with Gasteiger partial charge in [0, 0.05) is 11.1 Å². The molecule has 0 spiro atoms. The Bertz CT molecular complexity index is 661. The number of rotatable bonds is 4. The summed E-state index contributed by atoms with van der Waals surface area (Å²) in [4.78, 5) is 10.4. The Balaban J connectivity index is 2.15. The zero-order valence-electron chi connectivity index (χ0n) is 10.6. The molecule has 0 fully saturated rings. The smallest absolute Gasteiger partial charge is 0.283 e. The van der Waals surface area contributed by atoms with Gasteiger partial charge in [0.2, 0.25) is 0 Å². The lowest BCUT2D eigenvalue weighted by Gasteiger charge is -2.09. The average molecular weight is 357 g/mol. The molecule has 0 amide bonds. The van der Waals surface area contributed by atoms with Gasteiger partial charge in [-0.3, -0.25) is 10.1 Å². The molecule has 2 aromatic rings. The second-order valence-electron chi connectivity index (χ2n) is 4.24. The number of nitro groups is 1. The third-order valence-corrected chi connectivity index (χ3v) is 3.64. The standard InChI is InChI=1S/C14H11BrClNO3/c1-9-6-11(16)3-5-14(9)20-8-10-2-4-12(15)13(7-10)17(18)19/h2-7H,8H2,1H3. The topological polar surface area (TPSA) is 52.4 Å². The zero-order valence-corrected chi connectivity index (χ0v) is 12.9. The predicted octanol–water partition coefficient (Wildman–Crippen LogP) is 4.90. The first-order valence-electron chi connectivity index (χ1n) is 5.79. The average Bonchev–Trinajstić information content (AvgIpc) is 2.39. The minimum Gasteiger partial charge on any atom is -0.489 e. The van der Waals surface area contributed by atoms with Crippen molar-refractivity contribution in [1.29, 1.82) is 0 Å². The van der Waals surface area contributed by atoms with Crippen molar-refractivity contribution in [2.45, 2.75) is 13.5 Å². The molecule has 0 saturated carbocycles. The zero-order chi connectivity index (χ0) is 14.7. The maximum absolute atomic E-state index is 10.9. The Morgan fingerprint density at radius 1 is 1.30 bits per heavy atom. The Morgan fingerprint density at radius 2 is 2.05 bits per heavy atom. The summed E-state index contributed by atoms with van der Waals surface area (Å²) in [5.74, 6) is 0.708. The number of halogens is 2. The van der Waals surface area contributed by atoms with Crippen LogP contribution in [-0.4, -0.2) is 4.92 Å². The molecule has 0 saturated heterocycles. The van der Waals surface area contributed by atoms with Crippen LogP contribution < -0.4 is 4.74 Å². The van der Waals surface area contributed by atoms with E-state index in [1.54, 1.807) is 30.3 Å². The summed E-state index contributed by atoms with van der Waals surface area (Å²) in [5.41, 5.74) is 1.68. The first-order valence-corrected chi connectivity index (χ1v) is 6.96. The largest absolute Gasteiger partial charge is 0.489 e. The minimum atomic E-state index is -0.429. The van der Waals surface area contributed by atoms with E-state index < -0.39 is 4.92 Å². The van der Waals surface area contributed by atoms with Crippen molar-refractivity contribution in [3.63, 3.8) is 0 Å². The van der Waals surface area contributed by atoms with Crippen molar-refractivity contribution in [2.75, 3.05) is 0 Å². The lowest BCUT2D eigenvalue weighted by Crippen LogP contribution is -1.98. The predicted molar refractivity (Wildman–Crippen MR) is 81.3 cm³/mol. The maximum Gasteiger partial charge on any atom is 0.283 e. The van der Waals surface area contributed by atoms with E-state index in [-0.39, 0.29) is 12.3 Å². The van der Waals surface area contributed by atoms with Crippen molar-refractivity contribution in [1.82, 2.24) is 0 Å². The molecule has 6 heteroatoms. The van der Waals surface area contributed by atoms with Gasteiger partial charge in [-0.15, -0.1) is 0 Å². The molecule has 0 heterocycles. The summed E-state index contributed by atoms with van der Waals surface area (Å²) in [6.45, 7) is 2.15. The van der Waals surface area contributed by atoms with Gasteiger partial charge in [0.1, 0.15) is 12.4 Å². The van der Waals surface area contributed by atoms with E-state index in [0.717, 1.165) is 11.1 Å². The fraction of sp³-hybridized carbons (Fsp3) is 0.143. The number of hydrogen-bond donors (Lipinski definition) is 0. The summed E-state index contributed by atoms with van der Waals surface area (Å²) >= 11 is 9.02. The van der Waals surface area contributed by atoms with Crippen molar-refractivity contribution < 1.29 is 9.66 Å². The van der Waals surface area contributed by atoms with Gasteiger partial charge in [-0.25, -0.2) is 0 Å². The summed E-state index contributed by atoms with van der Waals surface area (Å²) in [7, 11) is 0. The highest BCUT2D eigenvalue weighted by Gasteiger charge is 2.12. The molecule has 0 radical (unpaired) electrons. The molecule has 0 atom stereocenters. The van der Waals surface area contributed by atoms with E-state index in [1.165, 1.54) is 6.07 Å². The molecule has 2 rings (SSSR count). The van der Waals surface area contributed by atoms with E-state index in [2.05, 4.69) is 15.9 Å². The van der Waals surface area contributed by atoms with Crippen LogP contribution in [0.15, 0.2) is 40.9 Å². The Kier molecular flexibility index (Phi) is 4.62. The van der Waals surface area contributed by atoms with Gasteiger partial charge >= 0.3 is 0 Å². The molecular weight excluding hydrogens is 346 g/mol. The lowest BCUT2D eigenvalue weighted by molar-refractivity contribution is -0.385. The number of hydrogen-bond acceptors (Lipinski definition) is 3. The molecule has 20 heavy (non-hydrogen) atoms. The first-order chi connectivity index (χ1) is 9.47. The molecule has 0 bridgehead atoms. The monoisotopic (exact) mass is 355 g/mol. The van der Waals surface area contributed by atoms with Crippen LogP contribution in [0.1, 0.15) is 11.1 Å². The Morgan fingerprint density at radius 3 is 2.70 bits per heavy atom. The minimum absolute atomic E-state index is 0.0268. The quantitative estimate of drug-likeness (QED) is 0.578.